The van der Waals surface area contributed by atoms with Gasteiger partial charge in [0.15, 0.2) is 0 Å². The maximum atomic E-state index is 3.98. The smallest absolute Gasteiger partial charge is 0.0297 e. The van der Waals surface area contributed by atoms with Gasteiger partial charge in [0.25, 0.3) is 0 Å². The Labute approximate surface area is 87.6 Å². The molecule has 0 bridgehead atoms. The van der Waals surface area contributed by atoms with Crippen molar-refractivity contribution >= 4 is 0 Å². The molecule has 0 amide bonds. The average Bonchev–Trinajstić information content (AvgIpc) is 2.15. The molecule has 1 nitrogen and oxygen atoms in total. The molecule has 0 radical (unpaired) electrons. The second-order valence-corrected chi connectivity index (χ2v) is 4.86. The summed E-state index contributed by atoms with van der Waals surface area (Å²) >= 11 is 0. The number of rotatable bonds is 2. The van der Waals surface area contributed by atoms with Crippen LogP contribution in [0.15, 0.2) is 35.6 Å². The van der Waals surface area contributed by atoms with Crippen LogP contribution in [-0.4, -0.2) is 7.05 Å². The molecule has 0 spiro atoms. The normalized spacial score (nSPS) is 17.1. The maximum absolute atomic E-state index is 3.98. The van der Waals surface area contributed by atoms with Crippen LogP contribution in [0.4, 0.5) is 0 Å². The van der Waals surface area contributed by atoms with E-state index in [4.69, 9.17) is 0 Å². The van der Waals surface area contributed by atoms with Crippen LogP contribution in [-0.2, 0) is 0 Å². The molecule has 0 aromatic rings. The molecule has 0 unspecified atom stereocenters. The van der Waals surface area contributed by atoms with E-state index in [-0.39, 0.29) is 0 Å². The van der Waals surface area contributed by atoms with Gasteiger partial charge in [-0.05, 0) is 23.8 Å². The number of hydrogen-bond donors (Lipinski definition) is 1. The molecular weight excluding hydrogens is 170 g/mol. The summed E-state index contributed by atoms with van der Waals surface area (Å²) in [4.78, 5) is 0. The third-order valence-electron chi connectivity index (χ3n) is 2.80. The Hall–Kier alpha value is -0.980. The van der Waals surface area contributed by atoms with Gasteiger partial charge in [0, 0.05) is 12.7 Å². The SMILES string of the molecule is C=C(NC)C1=CC=C(C(C)(C)C)CC1. The summed E-state index contributed by atoms with van der Waals surface area (Å²) in [5.74, 6) is 0. The van der Waals surface area contributed by atoms with Gasteiger partial charge in [0.1, 0.15) is 0 Å². The van der Waals surface area contributed by atoms with E-state index in [0.29, 0.717) is 5.41 Å². The number of likely N-dealkylation sites (N-methyl/N-ethyl adjacent to an activating group) is 1. The molecule has 14 heavy (non-hydrogen) atoms. The minimum Gasteiger partial charge on any atom is -0.388 e. The first-order valence-electron chi connectivity index (χ1n) is 5.22. The summed E-state index contributed by atoms with van der Waals surface area (Å²) in [5.41, 5.74) is 4.23. The molecule has 78 valence electrons. The molecule has 1 aliphatic rings. The van der Waals surface area contributed by atoms with Gasteiger partial charge in [-0.2, -0.15) is 0 Å². The van der Waals surface area contributed by atoms with E-state index in [1.165, 1.54) is 11.1 Å². The lowest BCUT2D eigenvalue weighted by atomic mass is 9.80. The van der Waals surface area contributed by atoms with Crippen molar-refractivity contribution in [3.8, 4) is 0 Å². The third-order valence-corrected chi connectivity index (χ3v) is 2.80. The quantitative estimate of drug-likeness (QED) is 0.705. The van der Waals surface area contributed by atoms with E-state index in [1.807, 2.05) is 7.05 Å². The van der Waals surface area contributed by atoms with Crippen molar-refractivity contribution in [1.82, 2.24) is 5.32 Å². The highest BCUT2D eigenvalue weighted by molar-refractivity contribution is 5.36. The predicted molar refractivity (Wildman–Crippen MR) is 63.1 cm³/mol. The monoisotopic (exact) mass is 191 g/mol. The summed E-state index contributed by atoms with van der Waals surface area (Å²) in [7, 11) is 1.92. The Morgan fingerprint density at radius 3 is 2.29 bits per heavy atom. The van der Waals surface area contributed by atoms with E-state index in [2.05, 4.69) is 44.8 Å². The van der Waals surface area contributed by atoms with Crippen molar-refractivity contribution in [1.29, 1.82) is 0 Å². The Kier molecular flexibility index (Phi) is 3.20. The number of hydrogen-bond acceptors (Lipinski definition) is 1. The molecule has 0 atom stereocenters. The Balaban J connectivity index is 2.79. The zero-order valence-corrected chi connectivity index (χ0v) is 9.78. The molecule has 0 aromatic heterocycles. The summed E-state index contributed by atoms with van der Waals surface area (Å²) < 4.78 is 0. The van der Waals surface area contributed by atoms with Crippen molar-refractivity contribution in [2.75, 3.05) is 7.05 Å². The third kappa shape index (κ3) is 2.50. The van der Waals surface area contributed by atoms with Gasteiger partial charge in [0.05, 0.1) is 0 Å². The molecule has 0 fully saturated rings. The highest BCUT2D eigenvalue weighted by Gasteiger charge is 2.19. The molecule has 0 saturated heterocycles. The molecular formula is C13H21N. The van der Waals surface area contributed by atoms with Gasteiger partial charge in [0.2, 0.25) is 0 Å². The van der Waals surface area contributed by atoms with Crippen LogP contribution in [0.3, 0.4) is 0 Å². The highest BCUT2D eigenvalue weighted by atomic mass is 14.8. The standard InChI is InChI=1S/C13H21N/c1-10(14-5)11-6-8-12(9-7-11)13(2,3)4/h6,8,14H,1,7,9H2,2-5H3. The fraction of sp³-hybridized carbons (Fsp3) is 0.538. The fourth-order valence-corrected chi connectivity index (χ4v) is 1.67. The van der Waals surface area contributed by atoms with Crippen LogP contribution in [0.2, 0.25) is 0 Å². The predicted octanol–water partition coefficient (Wildman–Crippen LogP) is 3.41. The van der Waals surface area contributed by atoms with Gasteiger partial charge >= 0.3 is 0 Å². The molecule has 1 heteroatoms. The van der Waals surface area contributed by atoms with Crippen LogP contribution >= 0.6 is 0 Å². The van der Waals surface area contributed by atoms with Crippen molar-refractivity contribution in [2.45, 2.75) is 33.6 Å². The summed E-state index contributed by atoms with van der Waals surface area (Å²) in [6.07, 6.45) is 6.73. The minimum atomic E-state index is 0.309. The Bertz CT molecular complexity index is 287. The lowest BCUT2D eigenvalue weighted by Gasteiger charge is -2.26. The van der Waals surface area contributed by atoms with Crippen molar-refractivity contribution in [3.63, 3.8) is 0 Å². The van der Waals surface area contributed by atoms with Crippen LogP contribution in [0.5, 0.6) is 0 Å². The van der Waals surface area contributed by atoms with Crippen molar-refractivity contribution in [3.05, 3.63) is 35.6 Å². The van der Waals surface area contributed by atoms with Gasteiger partial charge in [-0.3, -0.25) is 0 Å². The second kappa shape index (κ2) is 4.04. The lowest BCUT2D eigenvalue weighted by Crippen LogP contribution is -2.14. The Morgan fingerprint density at radius 2 is 1.93 bits per heavy atom. The second-order valence-electron chi connectivity index (χ2n) is 4.86. The molecule has 1 N–H and O–H groups in total. The van der Waals surface area contributed by atoms with E-state index >= 15 is 0 Å². The molecule has 1 rings (SSSR count). The highest BCUT2D eigenvalue weighted by Crippen LogP contribution is 2.33. The maximum Gasteiger partial charge on any atom is 0.0297 e. The first kappa shape index (κ1) is 11.1. The first-order valence-corrected chi connectivity index (χ1v) is 5.22. The molecule has 0 heterocycles. The first-order chi connectivity index (χ1) is 6.45. The van der Waals surface area contributed by atoms with E-state index < -0.39 is 0 Å². The largest absolute Gasteiger partial charge is 0.388 e. The van der Waals surface area contributed by atoms with Crippen molar-refractivity contribution in [2.24, 2.45) is 5.41 Å². The minimum absolute atomic E-state index is 0.309. The van der Waals surface area contributed by atoms with Crippen LogP contribution in [0.1, 0.15) is 33.6 Å². The lowest BCUT2D eigenvalue weighted by molar-refractivity contribution is 0.479. The molecule has 0 aliphatic heterocycles. The molecule has 0 aromatic carbocycles. The summed E-state index contributed by atoms with van der Waals surface area (Å²) in [6, 6.07) is 0. The zero-order chi connectivity index (χ0) is 10.8. The van der Waals surface area contributed by atoms with Crippen LogP contribution < -0.4 is 5.32 Å². The molecule has 0 saturated carbocycles. The van der Waals surface area contributed by atoms with E-state index in [1.54, 1.807) is 0 Å². The van der Waals surface area contributed by atoms with Gasteiger partial charge in [-0.1, -0.05) is 45.1 Å². The van der Waals surface area contributed by atoms with Crippen molar-refractivity contribution < 1.29 is 0 Å². The number of nitrogens with one attached hydrogen (secondary N) is 1. The summed E-state index contributed by atoms with van der Waals surface area (Å²) in [5, 5.41) is 3.10. The van der Waals surface area contributed by atoms with Gasteiger partial charge in [-0.15, -0.1) is 0 Å². The number of allylic oxidation sites excluding steroid dienone is 4. The van der Waals surface area contributed by atoms with Gasteiger partial charge < -0.3 is 5.32 Å². The van der Waals surface area contributed by atoms with E-state index in [9.17, 15) is 0 Å². The molecule has 1 aliphatic carbocycles. The topological polar surface area (TPSA) is 12.0 Å². The van der Waals surface area contributed by atoms with E-state index in [0.717, 1.165) is 18.5 Å². The average molecular weight is 191 g/mol. The van der Waals surface area contributed by atoms with Gasteiger partial charge in [-0.25, -0.2) is 0 Å². The Morgan fingerprint density at radius 1 is 1.29 bits per heavy atom. The van der Waals surface area contributed by atoms with Crippen LogP contribution in [0, 0.1) is 5.41 Å². The zero-order valence-electron chi connectivity index (χ0n) is 9.78. The van der Waals surface area contributed by atoms with Crippen LogP contribution in [0.25, 0.3) is 0 Å². The summed E-state index contributed by atoms with van der Waals surface area (Å²) in [6.45, 7) is 10.8. The fourth-order valence-electron chi connectivity index (χ4n) is 1.67.